The van der Waals surface area contributed by atoms with Gasteiger partial charge in [0.05, 0.1) is 18.5 Å². The standard InChI is InChI=1S/C17H24ClF2N5O9P2/c18-16-23-14(22-8-1-3-17(19,20)4-2-8)15-21-5-9(25(15)24-16)13-12(27)11(26)10(34-13)6-33-36(31,32)7-35(28,29)30/h5,8,10-13,26-27H,1-4,6-7H2,(H,31,32)(H,22,23,24)(H2,28,29,30)/t10-,11-,12-,13+/m1/s1. The maximum Gasteiger partial charge on any atom is 0.340 e. The minimum atomic E-state index is -4.86. The van der Waals surface area contributed by atoms with E-state index in [1.807, 2.05) is 0 Å². The summed E-state index contributed by atoms with van der Waals surface area (Å²) < 4.78 is 61.3. The van der Waals surface area contributed by atoms with Crippen LogP contribution in [0.5, 0.6) is 0 Å². The summed E-state index contributed by atoms with van der Waals surface area (Å²) in [6.07, 6.45) is -4.65. The van der Waals surface area contributed by atoms with Crippen LogP contribution in [0.3, 0.4) is 0 Å². The van der Waals surface area contributed by atoms with Gasteiger partial charge in [0, 0.05) is 18.9 Å². The fourth-order valence-corrected chi connectivity index (χ4v) is 6.86. The number of alkyl halides is 2. The molecule has 5 atom stereocenters. The van der Waals surface area contributed by atoms with Crippen molar-refractivity contribution >= 4 is 38.3 Å². The Bertz CT molecular complexity index is 1210. The van der Waals surface area contributed by atoms with Gasteiger partial charge in [0.15, 0.2) is 17.4 Å². The molecule has 36 heavy (non-hydrogen) atoms. The van der Waals surface area contributed by atoms with Gasteiger partial charge in [-0.2, -0.15) is 4.98 Å². The Labute approximate surface area is 207 Å². The van der Waals surface area contributed by atoms with E-state index in [0.29, 0.717) is 0 Å². The van der Waals surface area contributed by atoms with E-state index in [1.54, 1.807) is 0 Å². The van der Waals surface area contributed by atoms with Gasteiger partial charge < -0.3 is 39.5 Å². The van der Waals surface area contributed by atoms with Crippen LogP contribution in [-0.2, 0) is 18.4 Å². The summed E-state index contributed by atoms with van der Waals surface area (Å²) in [5.74, 6) is -3.97. The van der Waals surface area contributed by atoms with Crippen molar-refractivity contribution in [1.29, 1.82) is 0 Å². The van der Waals surface area contributed by atoms with Crippen LogP contribution < -0.4 is 5.32 Å². The van der Waals surface area contributed by atoms with Crippen LogP contribution in [0.2, 0.25) is 5.28 Å². The van der Waals surface area contributed by atoms with Crippen LogP contribution in [-0.4, -0.2) is 87.3 Å². The van der Waals surface area contributed by atoms with Crippen LogP contribution in [0.25, 0.3) is 5.65 Å². The van der Waals surface area contributed by atoms with Crippen LogP contribution in [0, 0.1) is 0 Å². The first-order valence-electron chi connectivity index (χ1n) is 10.7. The first kappa shape index (κ1) is 27.7. The minimum absolute atomic E-state index is 0.129. The highest BCUT2D eigenvalue weighted by Gasteiger charge is 2.46. The van der Waals surface area contributed by atoms with Crippen molar-refractivity contribution in [3.8, 4) is 0 Å². The van der Waals surface area contributed by atoms with Crippen molar-refractivity contribution in [1.82, 2.24) is 19.6 Å². The SMILES string of the molecule is O=P(O)(O)CP(=O)(O)OC[C@H]1O[C@@H](c2cnc3c(NC4CCC(F)(F)CC4)nc(Cl)nn23)[C@H](O)[C@@H]1O. The molecule has 2 fully saturated rings. The highest BCUT2D eigenvalue weighted by molar-refractivity contribution is 7.70. The molecule has 1 saturated carbocycles. The lowest BCUT2D eigenvalue weighted by atomic mass is 9.92. The fourth-order valence-electron chi connectivity index (χ4n) is 4.14. The van der Waals surface area contributed by atoms with Crippen molar-refractivity contribution in [2.75, 3.05) is 17.8 Å². The van der Waals surface area contributed by atoms with Crippen LogP contribution in [0.1, 0.15) is 37.5 Å². The highest BCUT2D eigenvalue weighted by atomic mass is 35.5. The maximum absolute atomic E-state index is 13.5. The zero-order valence-corrected chi connectivity index (χ0v) is 20.9. The number of rotatable bonds is 8. The third-order valence-corrected chi connectivity index (χ3v) is 9.49. The summed E-state index contributed by atoms with van der Waals surface area (Å²) in [7, 11) is -9.57. The summed E-state index contributed by atoms with van der Waals surface area (Å²) in [5, 5.41) is 27.7. The van der Waals surface area contributed by atoms with Gasteiger partial charge in [0.25, 0.3) is 0 Å². The summed E-state index contributed by atoms with van der Waals surface area (Å²) in [4.78, 5) is 35.7. The molecule has 1 aliphatic heterocycles. The summed E-state index contributed by atoms with van der Waals surface area (Å²) >= 11 is 6.04. The average Bonchev–Trinajstić information content (AvgIpc) is 3.28. The summed E-state index contributed by atoms with van der Waals surface area (Å²) in [5.41, 5.74) is 0.280. The van der Waals surface area contributed by atoms with E-state index in [1.165, 1.54) is 10.7 Å². The van der Waals surface area contributed by atoms with Gasteiger partial charge in [0.2, 0.25) is 11.2 Å². The zero-order chi connectivity index (χ0) is 26.5. The van der Waals surface area contributed by atoms with Crippen LogP contribution >= 0.6 is 26.8 Å². The number of nitrogens with one attached hydrogen (secondary N) is 1. The smallest absolute Gasteiger partial charge is 0.340 e. The predicted molar refractivity (Wildman–Crippen MR) is 119 cm³/mol. The normalized spacial score (nSPS) is 28.9. The van der Waals surface area contributed by atoms with E-state index in [4.69, 9.17) is 26.1 Å². The van der Waals surface area contributed by atoms with Gasteiger partial charge in [-0.25, -0.2) is 18.3 Å². The monoisotopic (exact) mass is 577 g/mol. The second kappa shape index (κ2) is 10.1. The van der Waals surface area contributed by atoms with Gasteiger partial charge in [-0.05, 0) is 24.4 Å². The number of aliphatic hydroxyl groups is 2. The van der Waals surface area contributed by atoms with Crippen molar-refractivity contribution < 1.29 is 52.1 Å². The van der Waals surface area contributed by atoms with Crippen LogP contribution in [0.15, 0.2) is 6.20 Å². The van der Waals surface area contributed by atoms with E-state index in [9.17, 15) is 33.0 Å². The van der Waals surface area contributed by atoms with Crippen molar-refractivity contribution in [2.24, 2.45) is 0 Å². The fraction of sp³-hybridized carbons (Fsp3) is 0.706. The number of halogens is 3. The number of fused-ring (bicyclic) bond motifs is 1. The van der Waals surface area contributed by atoms with E-state index in [2.05, 4.69) is 24.9 Å². The van der Waals surface area contributed by atoms with Crippen molar-refractivity contribution in [3.05, 3.63) is 17.2 Å². The third kappa shape index (κ3) is 6.38. The Morgan fingerprint density at radius 2 is 1.89 bits per heavy atom. The number of ether oxygens (including phenoxy) is 1. The molecule has 1 unspecified atom stereocenters. The molecule has 2 aliphatic rings. The molecule has 0 bridgehead atoms. The number of hydrogen-bond donors (Lipinski definition) is 6. The predicted octanol–water partition coefficient (Wildman–Crippen LogP) is 1.27. The Kier molecular flexibility index (Phi) is 7.77. The molecule has 202 valence electrons. The quantitative estimate of drug-likeness (QED) is 0.244. The lowest BCUT2D eigenvalue weighted by Gasteiger charge is -2.29. The Morgan fingerprint density at radius 3 is 2.53 bits per heavy atom. The van der Waals surface area contributed by atoms with Gasteiger partial charge in [-0.1, -0.05) is 0 Å². The first-order valence-corrected chi connectivity index (χ1v) is 14.7. The molecule has 0 aromatic carbocycles. The molecule has 3 heterocycles. The Balaban J connectivity index is 1.51. The summed E-state index contributed by atoms with van der Waals surface area (Å²) in [6.45, 7) is -0.756. The van der Waals surface area contributed by atoms with Gasteiger partial charge in [-0.15, -0.1) is 5.10 Å². The Morgan fingerprint density at radius 1 is 1.22 bits per heavy atom. The lowest BCUT2D eigenvalue weighted by molar-refractivity contribution is -0.0361. The highest BCUT2D eigenvalue weighted by Crippen LogP contribution is 2.55. The van der Waals surface area contributed by atoms with Crippen LogP contribution in [0.4, 0.5) is 14.6 Å². The number of hydrogen-bond acceptors (Lipinski definition) is 10. The van der Waals surface area contributed by atoms with Gasteiger partial charge >= 0.3 is 15.2 Å². The largest absolute Gasteiger partial charge is 0.387 e. The number of aromatic nitrogens is 4. The summed E-state index contributed by atoms with van der Waals surface area (Å²) in [6, 6.07) is -0.307. The molecule has 14 nitrogen and oxygen atoms in total. The molecule has 19 heteroatoms. The molecule has 0 radical (unpaired) electrons. The first-order chi connectivity index (χ1) is 16.6. The molecule has 6 N–H and O–H groups in total. The molecule has 0 spiro atoms. The van der Waals surface area contributed by atoms with Gasteiger partial charge in [0.1, 0.15) is 24.4 Å². The van der Waals surface area contributed by atoms with E-state index in [-0.39, 0.29) is 54.2 Å². The molecular weight excluding hydrogens is 554 g/mol. The number of anilines is 1. The minimum Gasteiger partial charge on any atom is -0.387 e. The second-order valence-corrected chi connectivity index (χ2v) is 13.1. The molecule has 2 aromatic heterocycles. The third-order valence-electron chi connectivity index (χ3n) is 5.88. The molecule has 4 rings (SSSR count). The van der Waals surface area contributed by atoms with Crippen molar-refractivity contribution in [3.63, 3.8) is 0 Å². The molecule has 2 aromatic rings. The Hall–Kier alpha value is -1.32. The molecule has 1 aliphatic carbocycles. The van der Waals surface area contributed by atoms with E-state index >= 15 is 0 Å². The zero-order valence-electron chi connectivity index (χ0n) is 18.4. The molecule has 1 saturated heterocycles. The topological polar surface area (TPSA) is 209 Å². The average molecular weight is 578 g/mol. The maximum atomic E-state index is 13.5. The van der Waals surface area contributed by atoms with Crippen molar-refractivity contribution in [2.45, 2.75) is 62.1 Å². The molecule has 0 amide bonds. The second-order valence-electron chi connectivity index (χ2n) is 8.74. The molecular formula is C17H24ClF2N5O9P2. The number of nitrogens with zero attached hydrogens (tertiary/aromatic N) is 4. The van der Waals surface area contributed by atoms with E-state index in [0.717, 1.165) is 0 Å². The van der Waals surface area contributed by atoms with E-state index < -0.39 is 58.0 Å². The number of imidazole rings is 1. The van der Waals surface area contributed by atoms with Gasteiger partial charge in [-0.3, -0.25) is 9.13 Å². The number of aliphatic hydroxyl groups excluding tert-OH is 2. The lowest BCUT2D eigenvalue weighted by Crippen LogP contribution is -2.33.